The van der Waals surface area contributed by atoms with Crippen molar-refractivity contribution in [2.75, 3.05) is 12.4 Å². The molecule has 0 saturated heterocycles. The molecule has 3 N–H and O–H groups in total. The Morgan fingerprint density at radius 2 is 1.67 bits per heavy atom. The summed E-state index contributed by atoms with van der Waals surface area (Å²) in [5.41, 5.74) is 0.773. The summed E-state index contributed by atoms with van der Waals surface area (Å²) < 4.78 is 0. The van der Waals surface area contributed by atoms with Gasteiger partial charge in [0, 0.05) is 18.8 Å². The van der Waals surface area contributed by atoms with Crippen molar-refractivity contribution in [3.63, 3.8) is 0 Å². The molecule has 0 radical (unpaired) electrons. The van der Waals surface area contributed by atoms with Gasteiger partial charge in [-0.15, -0.1) is 0 Å². The van der Waals surface area contributed by atoms with Gasteiger partial charge in [-0.1, -0.05) is 13.8 Å². The highest BCUT2D eigenvalue weighted by atomic mass is 16.3. The van der Waals surface area contributed by atoms with Crippen molar-refractivity contribution in [3.05, 3.63) is 18.2 Å². The topological polar surface area (TPSA) is 52.5 Å². The van der Waals surface area contributed by atoms with Crippen LogP contribution in [0.25, 0.3) is 0 Å². The highest BCUT2D eigenvalue weighted by Gasteiger charge is 1.96. The molecule has 0 fully saturated rings. The maximum atomic E-state index is 8.94. The van der Waals surface area contributed by atoms with E-state index in [1.54, 1.807) is 13.1 Å². The number of phenolic OH excluding ortho intramolecular Hbond substituents is 2. The molecule has 0 aliphatic rings. The Balaban J connectivity index is 0.000000561. The Bertz CT molecular complexity index is 236. The lowest BCUT2D eigenvalue weighted by Crippen LogP contribution is -1.85. The number of rotatable bonds is 1. The third kappa shape index (κ3) is 2.70. The summed E-state index contributed by atoms with van der Waals surface area (Å²) in [6.45, 7) is 4.00. The van der Waals surface area contributed by atoms with Crippen LogP contribution in [0.15, 0.2) is 18.2 Å². The fourth-order valence-corrected chi connectivity index (χ4v) is 0.679. The minimum absolute atomic E-state index is 0.0981. The van der Waals surface area contributed by atoms with Crippen LogP contribution in [0.1, 0.15) is 13.8 Å². The standard InChI is InChI=1S/C7H9NO2.C2H6/c1-8-5-2-3-6(9)7(10)4-5;1-2/h2-4,8-10H,1H3;1-2H3. The molecule has 1 rings (SSSR count). The Kier molecular flexibility index (Phi) is 4.69. The molecule has 3 heteroatoms. The Labute approximate surface area is 72.7 Å². The lowest BCUT2D eigenvalue weighted by molar-refractivity contribution is 0.404. The van der Waals surface area contributed by atoms with Crippen molar-refractivity contribution in [2.24, 2.45) is 0 Å². The van der Waals surface area contributed by atoms with Gasteiger partial charge in [-0.05, 0) is 12.1 Å². The van der Waals surface area contributed by atoms with E-state index in [4.69, 9.17) is 10.2 Å². The molecule has 0 atom stereocenters. The number of phenols is 2. The van der Waals surface area contributed by atoms with Gasteiger partial charge in [0.25, 0.3) is 0 Å². The molecule has 0 aliphatic heterocycles. The predicted molar refractivity (Wildman–Crippen MR) is 50.7 cm³/mol. The number of aromatic hydroxyl groups is 2. The summed E-state index contributed by atoms with van der Waals surface area (Å²) in [6, 6.07) is 4.56. The summed E-state index contributed by atoms with van der Waals surface area (Å²) >= 11 is 0. The van der Waals surface area contributed by atoms with Gasteiger partial charge in [-0.2, -0.15) is 0 Å². The van der Waals surface area contributed by atoms with Gasteiger partial charge in [0.1, 0.15) is 0 Å². The summed E-state index contributed by atoms with van der Waals surface area (Å²) in [4.78, 5) is 0. The second-order valence-electron chi connectivity index (χ2n) is 1.95. The maximum Gasteiger partial charge on any atom is 0.159 e. The lowest BCUT2D eigenvalue weighted by Gasteiger charge is -2.00. The minimum Gasteiger partial charge on any atom is -0.504 e. The quantitative estimate of drug-likeness (QED) is 0.446. The zero-order valence-corrected chi connectivity index (χ0v) is 7.63. The highest BCUT2D eigenvalue weighted by Crippen LogP contribution is 2.26. The predicted octanol–water partition coefficient (Wildman–Crippen LogP) is 2.17. The van der Waals surface area contributed by atoms with E-state index in [9.17, 15) is 0 Å². The van der Waals surface area contributed by atoms with Crippen LogP contribution in [0, 0.1) is 0 Å². The van der Waals surface area contributed by atoms with Crippen molar-refractivity contribution in [1.82, 2.24) is 0 Å². The zero-order valence-electron chi connectivity index (χ0n) is 7.63. The van der Waals surface area contributed by atoms with E-state index >= 15 is 0 Å². The molecule has 3 nitrogen and oxygen atoms in total. The molecule has 1 aromatic rings. The van der Waals surface area contributed by atoms with Crippen LogP contribution in [0.3, 0.4) is 0 Å². The summed E-state index contributed by atoms with van der Waals surface area (Å²) in [6.07, 6.45) is 0. The van der Waals surface area contributed by atoms with Crippen molar-refractivity contribution in [3.8, 4) is 11.5 Å². The molecule has 68 valence electrons. The molecule has 0 heterocycles. The van der Waals surface area contributed by atoms with E-state index in [2.05, 4.69) is 5.32 Å². The monoisotopic (exact) mass is 169 g/mol. The van der Waals surface area contributed by atoms with Crippen LogP contribution in [0.2, 0.25) is 0 Å². The molecule has 0 spiro atoms. The van der Waals surface area contributed by atoms with Crippen LogP contribution in [0.5, 0.6) is 11.5 Å². The van der Waals surface area contributed by atoms with E-state index < -0.39 is 0 Å². The van der Waals surface area contributed by atoms with Crippen molar-refractivity contribution >= 4 is 5.69 Å². The van der Waals surface area contributed by atoms with Crippen molar-refractivity contribution in [1.29, 1.82) is 0 Å². The van der Waals surface area contributed by atoms with Gasteiger partial charge in [-0.3, -0.25) is 0 Å². The minimum atomic E-state index is -0.105. The second kappa shape index (κ2) is 5.29. The Morgan fingerprint density at radius 1 is 1.08 bits per heavy atom. The summed E-state index contributed by atoms with van der Waals surface area (Å²) in [7, 11) is 1.74. The van der Waals surface area contributed by atoms with Gasteiger partial charge < -0.3 is 15.5 Å². The molecule has 0 unspecified atom stereocenters. The third-order valence-corrected chi connectivity index (χ3v) is 1.26. The molecular weight excluding hydrogens is 154 g/mol. The van der Waals surface area contributed by atoms with E-state index in [1.807, 2.05) is 13.8 Å². The van der Waals surface area contributed by atoms with Crippen LogP contribution in [-0.2, 0) is 0 Å². The number of benzene rings is 1. The van der Waals surface area contributed by atoms with Crippen LogP contribution >= 0.6 is 0 Å². The molecule has 0 aliphatic carbocycles. The molecule has 0 aromatic heterocycles. The molecular formula is C9H15NO2. The van der Waals surface area contributed by atoms with Gasteiger partial charge >= 0.3 is 0 Å². The fraction of sp³-hybridized carbons (Fsp3) is 0.333. The van der Waals surface area contributed by atoms with Crippen LogP contribution < -0.4 is 5.32 Å². The Hall–Kier alpha value is -1.38. The van der Waals surface area contributed by atoms with Crippen molar-refractivity contribution < 1.29 is 10.2 Å². The number of anilines is 1. The summed E-state index contributed by atoms with van der Waals surface area (Å²) in [5, 5.41) is 20.6. The average molecular weight is 169 g/mol. The van der Waals surface area contributed by atoms with E-state index in [1.165, 1.54) is 12.1 Å². The highest BCUT2D eigenvalue weighted by molar-refractivity contribution is 5.52. The fourth-order valence-electron chi connectivity index (χ4n) is 0.679. The van der Waals surface area contributed by atoms with Gasteiger partial charge in [0.15, 0.2) is 11.5 Å². The number of nitrogens with one attached hydrogen (secondary N) is 1. The van der Waals surface area contributed by atoms with Crippen LogP contribution in [0.4, 0.5) is 5.69 Å². The van der Waals surface area contributed by atoms with E-state index in [0.717, 1.165) is 5.69 Å². The van der Waals surface area contributed by atoms with E-state index in [0.29, 0.717) is 0 Å². The summed E-state index contributed by atoms with van der Waals surface area (Å²) in [5.74, 6) is -0.203. The SMILES string of the molecule is CC.CNc1ccc(O)c(O)c1. The maximum absolute atomic E-state index is 8.94. The van der Waals surface area contributed by atoms with Gasteiger partial charge in [0.05, 0.1) is 0 Å². The molecule has 0 amide bonds. The molecule has 1 aromatic carbocycles. The first-order valence-electron chi connectivity index (χ1n) is 3.94. The van der Waals surface area contributed by atoms with Gasteiger partial charge in [-0.25, -0.2) is 0 Å². The Morgan fingerprint density at radius 3 is 2.08 bits per heavy atom. The first-order chi connectivity index (χ1) is 5.74. The third-order valence-electron chi connectivity index (χ3n) is 1.26. The molecule has 12 heavy (non-hydrogen) atoms. The smallest absolute Gasteiger partial charge is 0.159 e. The first-order valence-corrected chi connectivity index (χ1v) is 3.94. The van der Waals surface area contributed by atoms with Crippen molar-refractivity contribution in [2.45, 2.75) is 13.8 Å². The largest absolute Gasteiger partial charge is 0.504 e. The second-order valence-corrected chi connectivity index (χ2v) is 1.95. The first kappa shape index (κ1) is 10.6. The van der Waals surface area contributed by atoms with Gasteiger partial charge in [0.2, 0.25) is 0 Å². The lowest BCUT2D eigenvalue weighted by atomic mass is 10.3. The number of hydrogen-bond donors (Lipinski definition) is 3. The normalized spacial score (nSPS) is 8.25. The average Bonchev–Trinajstić information content (AvgIpc) is 2.13. The molecule has 0 bridgehead atoms. The van der Waals surface area contributed by atoms with E-state index in [-0.39, 0.29) is 11.5 Å². The molecule has 0 saturated carbocycles. The number of hydrogen-bond acceptors (Lipinski definition) is 3. The zero-order chi connectivity index (χ0) is 9.56. The van der Waals surface area contributed by atoms with Crippen LogP contribution in [-0.4, -0.2) is 17.3 Å².